The molecule has 1 aromatic heterocycles. The number of anilines is 3. The molecule has 0 aliphatic heterocycles. The Morgan fingerprint density at radius 2 is 1.86 bits per heavy atom. The number of aryl methyl sites for hydroxylation is 1. The number of carbonyl (C=O) groups is 1. The van der Waals surface area contributed by atoms with Crippen molar-refractivity contribution in [2.24, 2.45) is 0 Å². The van der Waals surface area contributed by atoms with Crippen molar-refractivity contribution in [2.75, 3.05) is 24.4 Å². The lowest BCUT2D eigenvalue weighted by Gasteiger charge is -2.12. The number of methoxy groups -OCH3 is 1. The molecule has 3 rings (SSSR count). The summed E-state index contributed by atoms with van der Waals surface area (Å²) in [6.07, 6.45) is 1.59. The molecule has 0 saturated heterocycles. The van der Waals surface area contributed by atoms with Crippen LogP contribution >= 0.6 is 0 Å². The molecule has 144 valence electrons. The van der Waals surface area contributed by atoms with Crippen LogP contribution in [-0.4, -0.2) is 24.6 Å². The molecule has 0 unspecified atom stereocenters. The van der Waals surface area contributed by atoms with Crippen molar-refractivity contribution in [3.05, 3.63) is 71.9 Å². The van der Waals surface area contributed by atoms with E-state index in [1.54, 1.807) is 37.6 Å². The van der Waals surface area contributed by atoms with Crippen LogP contribution in [0.3, 0.4) is 0 Å². The van der Waals surface area contributed by atoms with Gasteiger partial charge in [0.05, 0.1) is 19.4 Å². The maximum Gasteiger partial charge on any atom is 0.255 e. The van der Waals surface area contributed by atoms with Gasteiger partial charge in [0.2, 0.25) is 0 Å². The maximum atomic E-state index is 12.6. The van der Waals surface area contributed by atoms with Crippen LogP contribution in [0.25, 0.3) is 0 Å². The molecule has 0 aliphatic carbocycles. The van der Waals surface area contributed by atoms with Gasteiger partial charge in [-0.2, -0.15) is 0 Å². The Bertz CT molecular complexity index is 955. The molecule has 0 radical (unpaired) electrons. The second-order valence-corrected chi connectivity index (χ2v) is 6.17. The molecule has 0 bridgehead atoms. The minimum absolute atomic E-state index is 0.217. The highest BCUT2D eigenvalue weighted by Gasteiger charge is 2.10. The molecule has 1 amide bonds. The van der Waals surface area contributed by atoms with E-state index in [-0.39, 0.29) is 5.91 Å². The quantitative estimate of drug-likeness (QED) is 0.619. The van der Waals surface area contributed by atoms with Gasteiger partial charge in [0.25, 0.3) is 5.91 Å². The van der Waals surface area contributed by atoms with Crippen molar-refractivity contribution in [2.45, 2.75) is 13.8 Å². The molecular weight excluding hydrogens is 354 g/mol. The highest BCUT2D eigenvalue weighted by molar-refractivity contribution is 6.04. The van der Waals surface area contributed by atoms with E-state index in [4.69, 9.17) is 9.47 Å². The minimum Gasteiger partial charge on any atom is -0.495 e. The first-order valence-electron chi connectivity index (χ1n) is 9.01. The lowest BCUT2D eigenvalue weighted by Crippen LogP contribution is -2.12. The number of ether oxygens (including phenoxy) is 2. The molecule has 0 aliphatic rings. The SMILES string of the molecule is CCOc1ccc(NC(=O)c2ccnc(Nc3cc(C)ccc3OC)c2)cc1. The number of benzene rings is 2. The average Bonchev–Trinajstić information content (AvgIpc) is 2.70. The summed E-state index contributed by atoms with van der Waals surface area (Å²) < 4.78 is 10.8. The molecule has 3 aromatic rings. The third-order valence-corrected chi connectivity index (χ3v) is 4.06. The summed E-state index contributed by atoms with van der Waals surface area (Å²) >= 11 is 0. The predicted octanol–water partition coefficient (Wildman–Crippen LogP) is 4.79. The zero-order chi connectivity index (χ0) is 19.9. The summed E-state index contributed by atoms with van der Waals surface area (Å²) in [6, 6.07) is 16.5. The number of carbonyl (C=O) groups excluding carboxylic acids is 1. The van der Waals surface area contributed by atoms with Gasteiger partial charge in [0.15, 0.2) is 0 Å². The summed E-state index contributed by atoms with van der Waals surface area (Å²) in [5, 5.41) is 6.09. The van der Waals surface area contributed by atoms with Gasteiger partial charge >= 0.3 is 0 Å². The van der Waals surface area contributed by atoms with Crippen LogP contribution in [0.15, 0.2) is 60.8 Å². The topological polar surface area (TPSA) is 72.5 Å². The summed E-state index contributed by atoms with van der Waals surface area (Å²) in [5.74, 6) is 1.81. The average molecular weight is 377 g/mol. The van der Waals surface area contributed by atoms with Crippen molar-refractivity contribution in [1.82, 2.24) is 4.98 Å². The van der Waals surface area contributed by atoms with E-state index < -0.39 is 0 Å². The van der Waals surface area contributed by atoms with Crippen LogP contribution in [-0.2, 0) is 0 Å². The molecule has 6 heteroatoms. The minimum atomic E-state index is -0.217. The Hall–Kier alpha value is -3.54. The standard InChI is InChI=1S/C22H23N3O3/c1-4-28-18-8-6-17(7-9-18)24-22(26)16-11-12-23-21(14-16)25-19-13-15(2)5-10-20(19)27-3/h5-14H,4H2,1-3H3,(H,23,25)(H,24,26). The first-order valence-corrected chi connectivity index (χ1v) is 9.01. The monoisotopic (exact) mass is 377 g/mol. The van der Waals surface area contributed by atoms with E-state index in [1.165, 1.54) is 0 Å². The van der Waals surface area contributed by atoms with Crippen molar-refractivity contribution in [1.29, 1.82) is 0 Å². The van der Waals surface area contributed by atoms with Gasteiger partial charge in [0.1, 0.15) is 17.3 Å². The molecule has 28 heavy (non-hydrogen) atoms. The Kier molecular flexibility index (Phi) is 6.11. The van der Waals surface area contributed by atoms with Crippen LogP contribution in [0, 0.1) is 6.92 Å². The molecule has 0 saturated carbocycles. The van der Waals surface area contributed by atoms with Crippen LogP contribution in [0.4, 0.5) is 17.2 Å². The van der Waals surface area contributed by atoms with E-state index in [0.717, 1.165) is 17.0 Å². The summed E-state index contributed by atoms with van der Waals surface area (Å²) in [5.41, 5.74) is 3.07. The smallest absolute Gasteiger partial charge is 0.255 e. The van der Waals surface area contributed by atoms with Gasteiger partial charge in [-0.25, -0.2) is 4.98 Å². The zero-order valence-electron chi connectivity index (χ0n) is 16.2. The van der Waals surface area contributed by atoms with Crippen LogP contribution in [0.5, 0.6) is 11.5 Å². The van der Waals surface area contributed by atoms with Gasteiger partial charge in [-0.05, 0) is 67.9 Å². The third-order valence-electron chi connectivity index (χ3n) is 4.06. The molecule has 2 N–H and O–H groups in total. The van der Waals surface area contributed by atoms with Crippen LogP contribution < -0.4 is 20.1 Å². The van der Waals surface area contributed by atoms with Gasteiger partial charge in [-0.15, -0.1) is 0 Å². The lowest BCUT2D eigenvalue weighted by atomic mass is 10.2. The van der Waals surface area contributed by atoms with E-state index >= 15 is 0 Å². The largest absolute Gasteiger partial charge is 0.495 e. The number of nitrogens with one attached hydrogen (secondary N) is 2. The third kappa shape index (κ3) is 4.79. The van der Waals surface area contributed by atoms with Crippen molar-refractivity contribution in [3.8, 4) is 11.5 Å². The molecule has 1 heterocycles. The van der Waals surface area contributed by atoms with E-state index in [2.05, 4.69) is 15.6 Å². The molecular formula is C22H23N3O3. The highest BCUT2D eigenvalue weighted by atomic mass is 16.5. The first kappa shape index (κ1) is 19.2. The maximum absolute atomic E-state index is 12.6. The van der Waals surface area contributed by atoms with Crippen LogP contribution in [0.2, 0.25) is 0 Å². The molecule has 0 spiro atoms. The fraction of sp³-hybridized carbons (Fsp3) is 0.182. The summed E-state index contributed by atoms with van der Waals surface area (Å²) in [7, 11) is 1.62. The molecule has 0 fully saturated rings. The second kappa shape index (κ2) is 8.90. The van der Waals surface area contributed by atoms with Gasteiger partial charge in [-0.1, -0.05) is 6.07 Å². The number of nitrogens with zero attached hydrogens (tertiary/aromatic N) is 1. The van der Waals surface area contributed by atoms with E-state index in [0.29, 0.717) is 29.4 Å². The van der Waals surface area contributed by atoms with Crippen LogP contribution in [0.1, 0.15) is 22.8 Å². The van der Waals surface area contributed by atoms with Gasteiger partial charge < -0.3 is 20.1 Å². The Balaban J connectivity index is 1.73. The fourth-order valence-corrected chi connectivity index (χ4v) is 2.70. The van der Waals surface area contributed by atoms with E-state index in [9.17, 15) is 4.79 Å². The number of pyridine rings is 1. The molecule has 6 nitrogen and oxygen atoms in total. The number of hydrogen-bond acceptors (Lipinski definition) is 5. The van der Waals surface area contributed by atoms with Crippen molar-refractivity contribution >= 4 is 23.1 Å². The zero-order valence-corrected chi connectivity index (χ0v) is 16.2. The number of aromatic nitrogens is 1. The van der Waals surface area contributed by atoms with Gasteiger partial charge in [0, 0.05) is 17.4 Å². The Morgan fingerprint density at radius 3 is 2.57 bits per heavy atom. The number of hydrogen-bond donors (Lipinski definition) is 2. The van der Waals surface area contributed by atoms with E-state index in [1.807, 2.05) is 44.2 Å². The molecule has 2 aromatic carbocycles. The summed E-state index contributed by atoms with van der Waals surface area (Å²) in [6.45, 7) is 4.53. The second-order valence-electron chi connectivity index (χ2n) is 6.17. The normalized spacial score (nSPS) is 10.2. The Morgan fingerprint density at radius 1 is 1.07 bits per heavy atom. The van der Waals surface area contributed by atoms with Crippen molar-refractivity contribution in [3.63, 3.8) is 0 Å². The fourth-order valence-electron chi connectivity index (χ4n) is 2.70. The predicted molar refractivity (Wildman–Crippen MR) is 111 cm³/mol. The van der Waals surface area contributed by atoms with Gasteiger partial charge in [-0.3, -0.25) is 4.79 Å². The lowest BCUT2D eigenvalue weighted by molar-refractivity contribution is 0.102. The number of rotatable bonds is 7. The Labute approximate surface area is 164 Å². The number of amides is 1. The first-order chi connectivity index (χ1) is 13.6. The molecule has 0 atom stereocenters. The summed E-state index contributed by atoms with van der Waals surface area (Å²) in [4.78, 5) is 16.9. The van der Waals surface area contributed by atoms with Crippen molar-refractivity contribution < 1.29 is 14.3 Å². The highest BCUT2D eigenvalue weighted by Crippen LogP contribution is 2.28.